The third-order valence-electron chi connectivity index (χ3n) is 2.97. The van der Waals surface area contributed by atoms with E-state index < -0.39 is 23.7 Å². The maximum absolute atomic E-state index is 14.0. The lowest BCUT2D eigenvalue weighted by Gasteiger charge is -2.15. The second kappa shape index (κ2) is 7.33. The van der Waals surface area contributed by atoms with Crippen LogP contribution in [0.2, 0.25) is 0 Å². The number of carbonyl (C=O) groups is 1. The van der Waals surface area contributed by atoms with Crippen molar-refractivity contribution >= 4 is 17.7 Å². The van der Waals surface area contributed by atoms with Gasteiger partial charge in [0.1, 0.15) is 0 Å². The van der Waals surface area contributed by atoms with E-state index in [9.17, 15) is 18.7 Å². The number of aliphatic hydroxyl groups is 1. The average molecular weight is 325 g/mol. The summed E-state index contributed by atoms with van der Waals surface area (Å²) < 4.78 is 31.9. The van der Waals surface area contributed by atoms with Gasteiger partial charge in [-0.1, -0.05) is 6.07 Å². The fourth-order valence-corrected chi connectivity index (χ4v) is 2.75. The summed E-state index contributed by atoms with van der Waals surface area (Å²) in [6.07, 6.45) is 1.52. The maximum atomic E-state index is 14.0. The topological polar surface area (TPSA) is 59.4 Å². The highest BCUT2D eigenvalue weighted by atomic mass is 32.2. The Kier molecular flexibility index (Phi) is 5.46. The molecule has 0 spiro atoms. The van der Waals surface area contributed by atoms with Crippen molar-refractivity contribution in [1.29, 1.82) is 0 Å². The zero-order valence-electron chi connectivity index (χ0n) is 11.6. The Bertz CT molecular complexity index is 667. The number of ether oxygens (including phenoxy) is 1. The molecule has 1 N–H and O–H groups in total. The number of hydrogen-bond acceptors (Lipinski definition) is 5. The number of hydrogen-bond donors (Lipinski definition) is 1. The van der Waals surface area contributed by atoms with Crippen molar-refractivity contribution in [2.45, 2.75) is 16.8 Å². The summed E-state index contributed by atoms with van der Waals surface area (Å²) in [5.41, 5.74) is -0.0890. The first-order chi connectivity index (χ1) is 10.5. The molecule has 2 rings (SSSR count). The molecule has 0 bridgehead atoms. The van der Waals surface area contributed by atoms with Crippen molar-refractivity contribution < 1.29 is 23.4 Å². The van der Waals surface area contributed by atoms with E-state index >= 15 is 0 Å². The molecule has 4 nitrogen and oxygen atoms in total. The molecule has 0 aliphatic heterocycles. The van der Waals surface area contributed by atoms with Gasteiger partial charge >= 0.3 is 5.97 Å². The summed E-state index contributed by atoms with van der Waals surface area (Å²) in [4.78, 5) is 16.1. The van der Waals surface area contributed by atoms with Crippen molar-refractivity contribution in [3.63, 3.8) is 0 Å². The van der Waals surface area contributed by atoms with E-state index in [1.165, 1.54) is 17.8 Å². The number of pyridine rings is 1. The summed E-state index contributed by atoms with van der Waals surface area (Å²) in [6, 6.07) is 5.54. The van der Waals surface area contributed by atoms with Crippen LogP contribution in [0.1, 0.15) is 17.2 Å². The normalized spacial score (nSPS) is 12.0. The zero-order valence-corrected chi connectivity index (χ0v) is 12.4. The van der Waals surface area contributed by atoms with Gasteiger partial charge in [0.15, 0.2) is 17.7 Å². The molecule has 0 fully saturated rings. The van der Waals surface area contributed by atoms with Crippen molar-refractivity contribution in [2.75, 3.05) is 7.11 Å². The molecule has 1 heterocycles. The molecule has 0 saturated heterocycles. The van der Waals surface area contributed by atoms with E-state index in [1.807, 2.05) is 0 Å². The van der Waals surface area contributed by atoms with E-state index in [4.69, 9.17) is 0 Å². The number of carbonyl (C=O) groups excluding carboxylic acids is 1. The molecule has 1 atom stereocenters. The first kappa shape index (κ1) is 16.4. The quantitative estimate of drug-likeness (QED) is 0.677. The third-order valence-corrected chi connectivity index (χ3v) is 3.98. The second-order valence-corrected chi connectivity index (χ2v) is 5.38. The number of aromatic nitrogens is 1. The highest BCUT2D eigenvalue weighted by molar-refractivity contribution is 7.98. The van der Waals surface area contributed by atoms with E-state index in [2.05, 4.69) is 9.72 Å². The lowest BCUT2D eigenvalue weighted by Crippen LogP contribution is -2.16. The highest BCUT2D eigenvalue weighted by Gasteiger charge is 2.24. The average Bonchev–Trinajstić information content (AvgIpc) is 2.55. The number of thioether (sulfide) groups is 1. The number of benzene rings is 1. The molecule has 0 radical (unpaired) electrons. The summed E-state index contributed by atoms with van der Waals surface area (Å²) in [5.74, 6) is -3.02. The molecule has 0 aliphatic carbocycles. The number of esters is 1. The number of nitrogens with zero attached hydrogens (tertiary/aromatic N) is 1. The summed E-state index contributed by atoms with van der Waals surface area (Å²) >= 11 is 1.21. The number of aliphatic hydroxyl groups excluding tert-OH is 1. The van der Waals surface area contributed by atoms with E-state index in [0.717, 1.165) is 18.1 Å². The van der Waals surface area contributed by atoms with Crippen LogP contribution in [0.25, 0.3) is 0 Å². The Morgan fingerprint density at radius 1 is 1.41 bits per heavy atom. The van der Waals surface area contributed by atoms with Crippen LogP contribution in [0.5, 0.6) is 0 Å². The molecule has 1 unspecified atom stereocenters. The molecule has 0 aliphatic rings. The van der Waals surface area contributed by atoms with Crippen LogP contribution < -0.4 is 0 Å². The first-order valence-corrected chi connectivity index (χ1v) is 7.28. The van der Waals surface area contributed by atoms with Gasteiger partial charge in [-0.2, -0.15) is 0 Å². The molecular formula is C15H13F2NO3S. The molecular weight excluding hydrogens is 312 g/mol. The van der Waals surface area contributed by atoms with Crippen LogP contribution in [0.3, 0.4) is 0 Å². The fraction of sp³-hybridized carbons (Fsp3) is 0.200. The Hall–Kier alpha value is -1.99. The van der Waals surface area contributed by atoms with Gasteiger partial charge in [0.2, 0.25) is 0 Å². The van der Waals surface area contributed by atoms with Gasteiger partial charge in [-0.15, -0.1) is 11.8 Å². The number of rotatable bonds is 5. The van der Waals surface area contributed by atoms with E-state index in [-0.39, 0.29) is 16.9 Å². The Labute approximate surface area is 130 Å². The lowest BCUT2D eigenvalue weighted by molar-refractivity contribution is -0.150. The van der Waals surface area contributed by atoms with Crippen LogP contribution in [0.15, 0.2) is 41.6 Å². The molecule has 2 aromatic rings. The van der Waals surface area contributed by atoms with Crippen LogP contribution in [0.4, 0.5) is 8.78 Å². The van der Waals surface area contributed by atoms with Crippen molar-refractivity contribution in [3.05, 3.63) is 59.4 Å². The Morgan fingerprint density at radius 2 is 2.18 bits per heavy atom. The van der Waals surface area contributed by atoms with Crippen LogP contribution in [-0.4, -0.2) is 23.2 Å². The summed E-state index contributed by atoms with van der Waals surface area (Å²) in [6.45, 7) is 0. The van der Waals surface area contributed by atoms with Gasteiger partial charge in [-0.05, 0) is 23.8 Å². The number of halogens is 2. The number of methoxy groups -OCH3 is 1. The maximum Gasteiger partial charge on any atom is 0.339 e. The SMILES string of the molecule is COC(=O)C(O)c1ccc(F)c(F)c1CSc1cccnc1. The standard InChI is InChI=1S/C15H13F2NO3S/c1-21-15(20)14(19)10-4-5-12(16)13(17)11(10)8-22-9-3-2-6-18-7-9/h2-7,14,19H,8H2,1H3. The lowest BCUT2D eigenvalue weighted by atomic mass is 10.0. The zero-order chi connectivity index (χ0) is 16.1. The minimum Gasteiger partial charge on any atom is -0.467 e. The Morgan fingerprint density at radius 3 is 2.82 bits per heavy atom. The predicted octanol–water partition coefficient (Wildman–Crippen LogP) is 2.86. The predicted molar refractivity (Wildman–Crippen MR) is 77.1 cm³/mol. The minimum atomic E-state index is -1.66. The van der Waals surface area contributed by atoms with Crippen molar-refractivity contribution in [1.82, 2.24) is 4.98 Å². The van der Waals surface area contributed by atoms with Crippen LogP contribution in [-0.2, 0) is 15.3 Å². The monoisotopic (exact) mass is 325 g/mol. The summed E-state index contributed by atoms with van der Waals surface area (Å²) in [7, 11) is 1.11. The van der Waals surface area contributed by atoms with Gasteiger partial charge < -0.3 is 9.84 Å². The van der Waals surface area contributed by atoms with E-state index in [1.54, 1.807) is 24.5 Å². The smallest absolute Gasteiger partial charge is 0.339 e. The van der Waals surface area contributed by atoms with Gasteiger partial charge in [-0.25, -0.2) is 13.6 Å². The molecule has 0 amide bonds. The van der Waals surface area contributed by atoms with Crippen molar-refractivity contribution in [3.8, 4) is 0 Å². The van der Waals surface area contributed by atoms with Gasteiger partial charge in [0.05, 0.1) is 7.11 Å². The molecule has 1 aromatic heterocycles. The fourth-order valence-electron chi connectivity index (χ4n) is 1.84. The van der Waals surface area contributed by atoms with E-state index in [0.29, 0.717) is 0 Å². The van der Waals surface area contributed by atoms with Crippen molar-refractivity contribution in [2.24, 2.45) is 0 Å². The first-order valence-electron chi connectivity index (χ1n) is 6.30. The highest BCUT2D eigenvalue weighted by Crippen LogP contribution is 2.30. The molecule has 116 valence electrons. The van der Waals surface area contributed by atoms with Crippen LogP contribution in [0, 0.1) is 11.6 Å². The molecule has 1 aromatic carbocycles. The van der Waals surface area contributed by atoms with Crippen LogP contribution >= 0.6 is 11.8 Å². The molecule has 7 heteroatoms. The van der Waals surface area contributed by atoms with Gasteiger partial charge in [-0.3, -0.25) is 4.98 Å². The second-order valence-electron chi connectivity index (χ2n) is 4.33. The Balaban J connectivity index is 2.31. The molecule has 0 saturated carbocycles. The summed E-state index contributed by atoms with van der Waals surface area (Å²) in [5, 5.41) is 9.90. The third kappa shape index (κ3) is 3.61. The van der Waals surface area contributed by atoms with Gasteiger partial charge in [0.25, 0.3) is 0 Å². The minimum absolute atomic E-state index is 0.0119. The van der Waals surface area contributed by atoms with Gasteiger partial charge in [0, 0.05) is 28.6 Å². The molecule has 22 heavy (non-hydrogen) atoms. The largest absolute Gasteiger partial charge is 0.467 e.